The van der Waals surface area contributed by atoms with Gasteiger partial charge >= 0.3 is 0 Å². The van der Waals surface area contributed by atoms with Crippen LogP contribution in [-0.4, -0.2) is 37.4 Å². The third-order valence-corrected chi connectivity index (χ3v) is 11.8. The summed E-state index contributed by atoms with van der Waals surface area (Å²) in [7, 11) is -3.83. The van der Waals surface area contributed by atoms with Gasteiger partial charge in [-0.3, -0.25) is 4.18 Å². The molecule has 4 fully saturated rings. The monoisotopic (exact) mass is 476 g/mol. The molecule has 5 nitrogen and oxygen atoms in total. The molecule has 0 saturated heterocycles. The van der Waals surface area contributed by atoms with Gasteiger partial charge in [0.15, 0.2) is 0 Å². The van der Waals surface area contributed by atoms with Crippen molar-refractivity contribution in [3.8, 4) is 0 Å². The van der Waals surface area contributed by atoms with E-state index >= 15 is 0 Å². The first kappa shape index (κ1) is 23.8. The molecule has 1 aromatic rings. The van der Waals surface area contributed by atoms with Gasteiger partial charge in [-0.25, -0.2) is 0 Å². The Balaban J connectivity index is 1.31. The molecule has 0 aromatic heterocycles. The minimum atomic E-state index is -3.83. The molecule has 1 aromatic carbocycles. The van der Waals surface area contributed by atoms with Crippen LogP contribution in [-0.2, 0) is 14.3 Å². The van der Waals surface area contributed by atoms with E-state index in [4.69, 9.17) is 4.18 Å². The van der Waals surface area contributed by atoms with Crippen molar-refractivity contribution >= 4 is 10.1 Å². The molecular weight excluding hydrogens is 436 g/mol. The lowest BCUT2D eigenvalue weighted by atomic mass is 9.45. The highest BCUT2D eigenvalue weighted by atomic mass is 32.2. The molecule has 6 heteroatoms. The summed E-state index contributed by atoms with van der Waals surface area (Å²) in [5, 5.41) is 21.6. The van der Waals surface area contributed by atoms with Gasteiger partial charge in [-0.05, 0) is 105 Å². The van der Waals surface area contributed by atoms with Gasteiger partial charge in [0.2, 0.25) is 0 Å². The highest BCUT2D eigenvalue weighted by molar-refractivity contribution is 7.86. The summed E-state index contributed by atoms with van der Waals surface area (Å²) in [6, 6.07) is 6.72. The van der Waals surface area contributed by atoms with E-state index in [0.29, 0.717) is 23.7 Å². The second-order valence-electron chi connectivity index (χ2n) is 12.1. The summed E-state index contributed by atoms with van der Waals surface area (Å²) in [5.74, 6) is 2.08. The zero-order valence-corrected chi connectivity index (χ0v) is 21.1. The summed E-state index contributed by atoms with van der Waals surface area (Å²) < 4.78 is 31.0. The number of benzene rings is 1. The van der Waals surface area contributed by atoms with E-state index in [1.54, 1.807) is 24.3 Å². The van der Waals surface area contributed by atoms with Crippen LogP contribution in [0.15, 0.2) is 29.2 Å². The van der Waals surface area contributed by atoms with Gasteiger partial charge in [-0.1, -0.05) is 31.5 Å². The van der Waals surface area contributed by atoms with Gasteiger partial charge in [0.25, 0.3) is 10.1 Å². The lowest BCUT2D eigenvalue weighted by Gasteiger charge is -2.60. The maximum absolute atomic E-state index is 12.7. The number of fused-ring (bicyclic) bond motifs is 5. The smallest absolute Gasteiger partial charge is 0.296 e. The van der Waals surface area contributed by atoms with Crippen molar-refractivity contribution in [1.29, 1.82) is 0 Å². The van der Waals surface area contributed by atoms with E-state index in [0.717, 1.165) is 44.1 Å². The number of aryl methyl sites for hydroxylation is 1. The molecule has 0 bridgehead atoms. The van der Waals surface area contributed by atoms with Crippen LogP contribution in [0.2, 0.25) is 0 Å². The fourth-order valence-corrected chi connectivity index (χ4v) is 9.46. The first-order valence-corrected chi connectivity index (χ1v) is 14.3. The second kappa shape index (κ2) is 8.32. The molecule has 0 unspecified atom stereocenters. The van der Waals surface area contributed by atoms with Crippen molar-refractivity contribution in [3.05, 3.63) is 29.8 Å². The maximum atomic E-state index is 12.7. The summed E-state index contributed by atoms with van der Waals surface area (Å²) in [4.78, 5) is 0.176. The van der Waals surface area contributed by atoms with Crippen LogP contribution in [0, 0.1) is 47.3 Å². The molecule has 0 spiro atoms. The molecule has 5 rings (SSSR count). The Bertz CT molecular complexity index is 975. The average Bonchev–Trinajstić information content (AvgIpc) is 3.04. The second-order valence-corrected chi connectivity index (χ2v) is 13.7. The van der Waals surface area contributed by atoms with Crippen LogP contribution in [0.5, 0.6) is 0 Å². The van der Waals surface area contributed by atoms with Gasteiger partial charge < -0.3 is 10.2 Å². The molecule has 2 N–H and O–H groups in total. The van der Waals surface area contributed by atoms with Crippen LogP contribution in [0.4, 0.5) is 0 Å². The molecule has 0 heterocycles. The predicted molar refractivity (Wildman–Crippen MR) is 127 cm³/mol. The number of hydrogen-bond donors (Lipinski definition) is 2. The average molecular weight is 477 g/mol. The molecule has 0 radical (unpaired) electrons. The lowest BCUT2D eigenvalue weighted by Crippen LogP contribution is -2.54. The number of aliphatic hydroxyl groups excluding tert-OH is 2. The number of aliphatic hydroxyl groups is 2. The zero-order chi connectivity index (χ0) is 23.6. The summed E-state index contributed by atoms with van der Waals surface area (Å²) in [5.41, 5.74) is 1.13. The van der Waals surface area contributed by atoms with Crippen molar-refractivity contribution in [2.75, 3.05) is 6.61 Å². The molecular formula is C27H40O5S. The summed E-state index contributed by atoms with van der Waals surface area (Å²) in [6.07, 6.45) is 7.58. The van der Waals surface area contributed by atoms with Crippen molar-refractivity contribution in [2.24, 2.45) is 40.4 Å². The maximum Gasteiger partial charge on any atom is 0.296 e. The lowest BCUT2D eigenvalue weighted by molar-refractivity contribution is -0.134. The normalized spacial score (nSPS) is 45.2. The molecule has 9 atom stereocenters. The largest absolute Gasteiger partial charge is 0.393 e. The first-order valence-electron chi connectivity index (χ1n) is 12.9. The van der Waals surface area contributed by atoms with E-state index in [1.165, 1.54) is 12.8 Å². The molecule has 184 valence electrons. The Labute approximate surface area is 199 Å². The summed E-state index contributed by atoms with van der Waals surface area (Å²) >= 11 is 0. The van der Waals surface area contributed by atoms with Crippen LogP contribution in [0.3, 0.4) is 0 Å². The molecule has 4 saturated carbocycles. The van der Waals surface area contributed by atoms with Gasteiger partial charge in [0.05, 0.1) is 23.7 Å². The van der Waals surface area contributed by atoms with Crippen molar-refractivity contribution < 1.29 is 22.8 Å². The van der Waals surface area contributed by atoms with Crippen molar-refractivity contribution in [2.45, 2.75) is 89.2 Å². The van der Waals surface area contributed by atoms with Crippen LogP contribution in [0.1, 0.15) is 70.8 Å². The highest BCUT2D eigenvalue weighted by Gasteiger charge is 2.62. The Morgan fingerprint density at radius 1 is 0.939 bits per heavy atom. The Morgan fingerprint density at radius 2 is 1.64 bits per heavy atom. The van der Waals surface area contributed by atoms with Crippen molar-refractivity contribution in [1.82, 2.24) is 0 Å². The SMILES string of the molecule is Cc1ccc(S(=O)(=O)OC[C@H]2C[C@H]3[C@@H]4CC[C@H]5C[C@H](O)CC[C@]5(C)[C@H]4CC[C@]3(C)[C@H]2O)cc1. The topological polar surface area (TPSA) is 83.8 Å². The highest BCUT2D eigenvalue weighted by Crippen LogP contribution is 2.67. The Kier molecular flexibility index (Phi) is 5.99. The minimum Gasteiger partial charge on any atom is -0.393 e. The van der Waals surface area contributed by atoms with E-state index in [1.807, 2.05) is 6.92 Å². The molecule has 33 heavy (non-hydrogen) atoms. The van der Waals surface area contributed by atoms with E-state index in [-0.39, 0.29) is 34.4 Å². The minimum absolute atomic E-state index is 0.0485. The van der Waals surface area contributed by atoms with E-state index in [9.17, 15) is 18.6 Å². The van der Waals surface area contributed by atoms with Crippen molar-refractivity contribution in [3.63, 3.8) is 0 Å². The van der Waals surface area contributed by atoms with Crippen LogP contribution in [0.25, 0.3) is 0 Å². The third-order valence-electron chi connectivity index (χ3n) is 10.5. The van der Waals surface area contributed by atoms with Gasteiger partial charge in [-0.2, -0.15) is 8.42 Å². The van der Waals surface area contributed by atoms with E-state index in [2.05, 4.69) is 13.8 Å². The summed E-state index contributed by atoms with van der Waals surface area (Å²) in [6.45, 7) is 6.66. The fraction of sp³-hybridized carbons (Fsp3) is 0.778. The molecule has 4 aliphatic rings. The van der Waals surface area contributed by atoms with E-state index < -0.39 is 16.2 Å². The molecule has 0 amide bonds. The fourth-order valence-electron chi connectivity index (χ4n) is 8.50. The predicted octanol–water partition coefficient (Wildman–Crippen LogP) is 4.69. The Morgan fingerprint density at radius 3 is 2.36 bits per heavy atom. The van der Waals surface area contributed by atoms with Gasteiger partial charge in [0, 0.05) is 5.92 Å². The number of rotatable bonds is 4. The first-order chi connectivity index (χ1) is 15.5. The quantitative estimate of drug-likeness (QED) is 0.616. The van der Waals surface area contributed by atoms with Gasteiger partial charge in [-0.15, -0.1) is 0 Å². The van der Waals surface area contributed by atoms with Crippen LogP contribution >= 0.6 is 0 Å². The molecule has 4 aliphatic carbocycles. The third kappa shape index (κ3) is 3.89. The Hall–Kier alpha value is -0.950. The van der Waals surface area contributed by atoms with Gasteiger partial charge in [0.1, 0.15) is 0 Å². The van der Waals surface area contributed by atoms with Crippen LogP contribution < -0.4 is 0 Å². The number of hydrogen-bond acceptors (Lipinski definition) is 5. The zero-order valence-electron chi connectivity index (χ0n) is 20.2. The molecule has 0 aliphatic heterocycles. The standard InChI is InChI=1S/C27H40O5S/c1-17-4-7-21(8-5-17)33(30,31)32-16-18-14-24-22-9-6-19-15-20(28)10-12-26(19,2)23(22)11-13-27(24,3)25(18)29/h4-5,7-8,18-20,22-25,28-29H,6,9-16H2,1-3H3/t18-,19+,20-,22-,23+,24+,25+,26+,27+/m1/s1.